The number of carbonyl (C=O) groups excluding carboxylic acids is 1. The SMILES string of the molecule is O=C(NC1CC2CC1C1CCCC21)C(F)(F)C(F)F. The van der Waals surface area contributed by atoms with E-state index in [4.69, 9.17) is 0 Å². The maximum Gasteiger partial charge on any atom is 0.383 e. The summed E-state index contributed by atoms with van der Waals surface area (Å²) in [7, 11) is 0. The number of carbonyl (C=O) groups is 1. The molecule has 0 aromatic rings. The molecule has 2 bridgehead atoms. The lowest BCUT2D eigenvalue weighted by Gasteiger charge is -2.32. The van der Waals surface area contributed by atoms with Crippen LogP contribution in [0, 0.1) is 23.7 Å². The van der Waals surface area contributed by atoms with Crippen LogP contribution in [0.2, 0.25) is 0 Å². The summed E-state index contributed by atoms with van der Waals surface area (Å²) in [6.07, 6.45) is 1.14. The molecule has 3 fully saturated rings. The van der Waals surface area contributed by atoms with Crippen molar-refractivity contribution >= 4 is 5.91 Å². The molecule has 0 spiro atoms. The first kappa shape index (κ1) is 13.2. The van der Waals surface area contributed by atoms with Crippen molar-refractivity contribution in [3.8, 4) is 0 Å². The molecule has 3 saturated carbocycles. The first-order valence-electron chi connectivity index (χ1n) is 6.88. The van der Waals surface area contributed by atoms with Crippen molar-refractivity contribution in [2.24, 2.45) is 23.7 Å². The Bertz CT molecular complexity index is 387. The first-order valence-corrected chi connectivity index (χ1v) is 6.88. The zero-order valence-electron chi connectivity index (χ0n) is 10.4. The van der Waals surface area contributed by atoms with E-state index in [0.29, 0.717) is 24.2 Å². The summed E-state index contributed by atoms with van der Waals surface area (Å²) in [6.45, 7) is 0. The summed E-state index contributed by atoms with van der Waals surface area (Å²) in [5, 5.41) is 2.18. The third-order valence-corrected chi connectivity index (χ3v) is 5.32. The zero-order valence-corrected chi connectivity index (χ0v) is 10.4. The van der Waals surface area contributed by atoms with E-state index >= 15 is 0 Å². The van der Waals surface area contributed by atoms with Crippen LogP contribution in [0.5, 0.6) is 0 Å². The Morgan fingerprint density at radius 1 is 1.11 bits per heavy atom. The maximum absolute atomic E-state index is 12.9. The van der Waals surface area contributed by atoms with Gasteiger partial charge in [0, 0.05) is 6.04 Å². The fourth-order valence-electron chi connectivity index (χ4n) is 4.60. The number of hydrogen-bond acceptors (Lipinski definition) is 1. The molecular formula is C13H17F4NO. The largest absolute Gasteiger partial charge is 0.383 e. The van der Waals surface area contributed by atoms with Crippen molar-refractivity contribution in [1.82, 2.24) is 5.32 Å². The zero-order chi connectivity index (χ0) is 13.8. The summed E-state index contributed by atoms with van der Waals surface area (Å²) in [5.74, 6) is -4.50. The van der Waals surface area contributed by atoms with Crippen LogP contribution in [0.1, 0.15) is 32.1 Å². The predicted molar refractivity (Wildman–Crippen MR) is 59.9 cm³/mol. The highest BCUT2D eigenvalue weighted by atomic mass is 19.3. The van der Waals surface area contributed by atoms with Gasteiger partial charge in [-0.2, -0.15) is 8.78 Å². The second kappa shape index (κ2) is 4.35. The number of halogens is 4. The summed E-state index contributed by atoms with van der Waals surface area (Å²) < 4.78 is 50.1. The standard InChI is InChI=1S/C13H17F4NO/c14-11(15)13(16,17)12(19)18-10-5-6-4-9(10)8-3-1-2-7(6)8/h6-11H,1-5H2,(H,18,19). The van der Waals surface area contributed by atoms with Gasteiger partial charge in [0.15, 0.2) is 0 Å². The normalized spacial score (nSPS) is 40.8. The summed E-state index contributed by atoms with van der Waals surface area (Å²) in [6, 6.07) is -0.332. The van der Waals surface area contributed by atoms with Gasteiger partial charge in [-0.25, -0.2) is 8.78 Å². The number of alkyl halides is 4. The van der Waals surface area contributed by atoms with Crippen LogP contribution < -0.4 is 5.32 Å². The smallest absolute Gasteiger partial charge is 0.348 e. The fraction of sp³-hybridized carbons (Fsp3) is 0.923. The Labute approximate surface area is 108 Å². The minimum absolute atomic E-state index is 0.218. The molecule has 0 heterocycles. The van der Waals surface area contributed by atoms with E-state index < -0.39 is 18.3 Å². The highest BCUT2D eigenvalue weighted by molar-refractivity contribution is 5.84. The molecule has 5 atom stereocenters. The number of fused-ring (bicyclic) bond motifs is 5. The van der Waals surface area contributed by atoms with Crippen LogP contribution in [-0.4, -0.2) is 24.3 Å². The van der Waals surface area contributed by atoms with Crippen molar-refractivity contribution < 1.29 is 22.4 Å². The van der Waals surface area contributed by atoms with Crippen molar-refractivity contribution in [1.29, 1.82) is 0 Å². The van der Waals surface area contributed by atoms with Gasteiger partial charge in [-0.1, -0.05) is 6.42 Å². The lowest BCUT2D eigenvalue weighted by atomic mass is 9.79. The summed E-state index contributed by atoms with van der Waals surface area (Å²) in [5.41, 5.74) is 0. The Morgan fingerprint density at radius 2 is 1.79 bits per heavy atom. The molecule has 3 aliphatic rings. The molecule has 0 aromatic carbocycles. The van der Waals surface area contributed by atoms with Crippen LogP contribution >= 0.6 is 0 Å². The third-order valence-electron chi connectivity index (χ3n) is 5.32. The van der Waals surface area contributed by atoms with Crippen molar-refractivity contribution in [2.75, 3.05) is 0 Å². The second-order valence-electron chi connectivity index (χ2n) is 6.16. The molecule has 0 saturated heterocycles. The van der Waals surface area contributed by atoms with E-state index in [2.05, 4.69) is 5.32 Å². The number of rotatable bonds is 3. The predicted octanol–water partition coefficient (Wildman–Crippen LogP) is 2.83. The Hall–Kier alpha value is -0.810. The molecule has 2 nitrogen and oxygen atoms in total. The molecule has 108 valence electrons. The van der Waals surface area contributed by atoms with E-state index in [1.807, 2.05) is 0 Å². The van der Waals surface area contributed by atoms with Crippen molar-refractivity contribution in [2.45, 2.75) is 50.5 Å². The molecular weight excluding hydrogens is 262 g/mol. The van der Waals surface area contributed by atoms with Gasteiger partial charge in [0.25, 0.3) is 5.91 Å². The minimum atomic E-state index is -4.57. The molecule has 19 heavy (non-hydrogen) atoms. The van der Waals surface area contributed by atoms with Gasteiger partial charge >= 0.3 is 12.3 Å². The summed E-state index contributed by atoms with van der Waals surface area (Å²) in [4.78, 5) is 11.3. The van der Waals surface area contributed by atoms with Crippen LogP contribution in [0.15, 0.2) is 0 Å². The maximum atomic E-state index is 12.9. The lowest BCUT2D eigenvalue weighted by molar-refractivity contribution is -0.170. The summed E-state index contributed by atoms with van der Waals surface area (Å²) >= 11 is 0. The Kier molecular flexibility index (Phi) is 3.02. The molecule has 0 aliphatic heterocycles. The number of amides is 1. The van der Waals surface area contributed by atoms with E-state index in [1.165, 1.54) is 6.42 Å². The molecule has 0 aromatic heterocycles. The minimum Gasteiger partial charge on any atom is -0.348 e. The van der Waals surface area contributed by atoms with Crippen LogP contribution in [0.25, 0.3) is 0 Å². The molecule has 0 radical (unpaired) electrons. The Morgan fingerprint density at radius 3 is 2.47 bits per heavy atom. The molecule has 5 unspecified atom stereocenters. The average Bonchev–Trinajstić information content (AvgIpc) is 2.99. The average molecular weight is 279 g/mol. The van der Waals surface area contributed by atoms with E-state index in [1.54, 1.807) is 0 Å². The topological polar surface area (TPSA) is 29.1 Å². The van der Waals surface area contributed by atoms with Gasteiger partial charge in [-0.3, -0.25) is 4.79 Å². The van der Waals surface area contributed by atoms with Gasteiger partial charge in [-0.05, 0) is 49.4 Å². The van der Waals surface area contributed by atoms with Crippen molar-refractivity contribution in [3.63, 3.8) is 0 Å². The molecule has 3 rings (SSSR count). The van der Waals surface area contributed by atoms with Crippen LogP contribution in [0.4, 0.5) is 17.6 Å². The van der Waals surface area contributed by atoms with Gasteiger partial charge in [0.05, 0.1) is 0 Å². The number of hydrogen-bond donors (Lipinski definition) is 1. The van der Waals surface area contributed by atoms with Gasteiger partial charge in [0.1, 0.15) is 0 Å². The van der Waals surface area contributed by atoms with Crippen molar-refractivity contribution in [3.05, 3.63) is 0 Å². The molecule has 1 N–H and O–H groups in total. The molecule has 3 aliphatic carbocycles. The van der Waals surface area contributed by atoms with Crippen LogP contribution in [-0.2, 0) is 4.79 Å². The quantitative estimate of drug-likeness (QED) is 0.791. The van der Waals surface area contributed by atoms with Gasteiger partial charge < -0.3 is 5.32 Å². The third kappa shape index (κ3) is 1.94. The Balaban J connectivity index is 1.65. The van der Waals surface area contributed by atoms with Gasteiger partial charge in [0.2, 0.25) is 0 Å². The lowest BCUT2D eigenvalue weighted by Crippen LogP contribution is -2.51. The van der Waals surface area contributed by atoms with Gasteiger partial charge in [-0.15, -0.1) is 0 Å². The molecule has 1 amide bonds. The fourth-order valence-corrected chi connectivity index (χ4v) is 4.60. The number of nitrogens with one attached hydrogen (secondary N) is 1. The highest BCUT2D eigenvalue weighted by Gasteiger charge is 2.56. The van der Waals surface area contributed by atoms with Crippen LogP contribution in [0.3, 0.4) is 0 Å². The second-order valence-corrected chi connectivity index (χ2v) is 6.16. The first-order chi connectivity index (χ1) is 8.91. The highest BCUT2D eigenvalue weighted by Crippen LogP contribution is 2.58. The molecule has 6 heteroatoms. The monoisotopic (exact) mass is 279 g/mol. The van der Waals surface area contributed by atoms with E-state index in [-0.39, 0.29) is 12.0 Å². The van der Waals surface area contributed by atoms with E-state index in [0.717, 1.165) is 19.3 Å². The van der Waals surface area contributed by atoms with E-state index in [9.17, 15) is 22.4 Å².